The zero-order valence-corrected chi connectivity index (χ0v) is 27.3. The Hall–Kier alpha value is -4.03. The van der Waals surface area contributed by atoms with Gasteiger partial charge in [0.15, 0.2) is 5.78 Å². The second-order valence-electron chi connectivity index (χ2n) is 12.5. The number of Topliss-reactive ketones (excluding diaryl/α,β-unsaturated/α-hetero) is 1. The van der Waals surface area contributed by atoms with Gasteiger partial charge in [0.25, 0.3) is 0 Å². The third-order valence-corrected chi connectivity index (χ3v) is 9.11. The van der Waals surface area contributed by atoms with Crippen LogP contribution in [0.5, 0.6) is 0 Å². The molecule has 1 saturated carbocycles. The lowest BCUT2D eigenvalue weighted by molar-refractivity contribution is -0.138. The Morgan fingerprint density at radius 2 is 1.82 bits per heavy atom. The Bertz CT molecular complexity index is 1820. The van der Waals surface area contributed by atoms with Crippen LogP contribution in [0.15, 0.2) is 41.3 Å². The maximum Gasteiger partial charge on any atom is 0.248 e. The second-order valence-corrected chi connectivity index (χ2v) is 13.3. The van der Waals surface area contributed by atoms with Crippen molar-refractivity contribution in [1.82, 2.24) is 34.5 Å². The minimum absolute atomic E-state index is 0.0224. The maximum atomic E-state index is 14.0. The summed E-state index contributed by atoms with van der Waals surface area (Å²) in [5, 5.41) is 8.30. The molecule has 2 aliphatic rings. The fraction of sp³-hybridized carbons (Fsp3) is 0.406. The van der Waals surface area contributed by atoms with Crippen LogP contribution in [0.4, 0.5) is 5.82 Å². The summed E-state index contributed by atoms with van der Waals surface area (Å²) in [7, 11) is 3.91. The molecule has 11 nitrogen and oxygen atoms in total. The second kappa shape index (κ2) is 11.2. The number of anilines is 1. The van der Waals surface area contributed by atoms with E-state index < -0.39 is 6.04 Å². The van der Waals surface area contributed by atoms with Crippen molar-refractivity contribution in [2.24, 2.45) is 5.41 Å². The van der Waals surface area contributed by atoms with Gasteiger partial charge in [0.05, 0.1) is 5.52 Å². The molecule has 12 heteroatoms. The summed E-state index contributed by atoms with van der Waals surface area (Å²) in [6.07, 6.45) is 4.93. The zero-order valence-electron chi connectivity index (χ0n) is 25.7. The van der Waals surface area contributed by atoms with Crippen LogP contribution in [0.3, 0.4) is 0 Å². The number of pyridine rings is 1. The van der Waals surface area contributed by atoms with E-state index in [1.165, 1.54) is 6.92 Å². The maximum absolute atomic E-state index is 14.0. The molecule has 1 aromatic carbocycles. The summed E-state index contributed by atoms with van der Waals surface area (Å²) in [5.74, 6) is 0.493. The Morgan fingerprint density at radius 3 is 2.50 bits per heavy atom. The molecule has 0 radical (unpaired) electrons. The van der Waals surface area contributed by atoms with Crippen LogP contribution in [0, 0.1) is 19.3 Å². The van der Waals surface area contributed by atoms with Gasteiger partial charge >= 0.3 is 0 Å². The molecule has 44 heavy (non-hydrogen) atoms. The Labute approximate surface area is 264 Å². The smallest absolute Gasteiger partial charge is 0.248 e. The highest BCUT2D eigenvalue weighted by Gasteiger charge is 2.64. The third kappa shape index (κ3) is 5.52. The summed E-state index contributed by atoms with van der Waals surface area (Å²) >= 11 is 3.41. The molecule has 4 heterocycles. The van der Waals surface area contributed by atoms with Crippen LogP contribution in [-0.4, -0.2) is 78.3 Å². The van der Waals surface area contributed by atoms with Gasteiger partial charge in [-0.05, 0) is 91.5 Å². The zero-order chi connectivity index (χ0) is 31.5. The summed E-state index contributed by atoms with van der Waals surface area (Å²) in [5.41, 5.74) is 4.34. The van der Waals surface area contributed by atoms with Crippen molar-refractivity contribution in [2.75, 3.05) is 19.4 Å². The Kier molecular flexibility index (Phi) is 7.61. The SMILES string of the molecule is CC(=O)c1nn(CC(=O)N2C3C[C@]3(C)C[C@H]2C(=O)Nc2nc(Br)ccc2CN(C)C)c2c(C)cc(-c3cnc(C)nc3)cc12. The largest absolute Gasteiger partial charge is 0.325 e. The van der Waals surface area contributed by atoms with Gasteiger partial charge in [0.1, 0.15) is 34.5 Å². The van der Waals surface area contributed by atoms with E-state index in [1.54, 1.807) is 22.0 Å². The number of hydrogen-bond acceptors (Lipinski definition) is 8. The molecule has 4 aromatic rings. The number of fused-ring (bicyclic) bond motifs is 2. The van der Waals surface area contributed by atoms with Crippen molar-refractivity contribution >= 4 is 50.2 Å². The van der Waals surface area contributed by atoms with E-state index >= 15 is 0 Å². The number of ketones is 1. The number of aromatic nitrogens is 5. The van der Waals surface area contributed by atoms with Gasteiger partial charge < -0.3 is 15.1 Å². The molecule has 2 amide bonds. The molecule has 0 bridgehead atoms. The van der Waals surface area contributed by atoms with Gasteiger partial charge in [-0.15, -0.1) is 0 Å². The molecular formula is C32H35BrN8O3. The molecule has 228 valence electrons. The average Bonchev–Trinajstić information content (AvgIpc) is 3.31. The molecule has 1 saturated heterocycles. The first-order chi connectivity index (χ1) is 20.8. The van der Waals surface area contributed by atoms with Crippen LogP contribution in [0.2, 0.25) is 0 Å². The summed E-state index contributed by atoms with van der Waals surface area (Å²) in [4.78, 5) is 57.3. The predicted molar refractivity (Wildman–Crippen MR) is 170 cm³/mol. The minimum Gasteiger partial charge on any atom is -0.325 e. The first kappa shape index (κ1) is 30.0. The third-order valence-electron chi connectivity index (χ3n) is 8.67. The van der Waals surface area contributed by atoms with E-state index in [4.69, 9.17) is 0 Å². The average molecular weight is 660 g/mol. The molecule has 1 N–H and O–H groups in total. The lowest BCUT2D eigenvalue weighted by Gasteiger charge is -2.27. The number of carbonyl (C=O) groups is 3. The monoisotopic (exact) mass is 658 g/mol. The number of benzene rings is 1. The van der Waals surface area contributed by atoms with Crippen molar-refractivity contribution in [3.63, 3.8) is 0 Å². The lowest BCUT2D eigenvalue weighted by Crippen LogP contribution is -2.47. The number of carbonyl (C=O) groups excluding carboxylic acids is 3. The fourth-order valence-electron chi connectivity index (χ4n) is 6.42. The van der Waals surface area contributed by atoms with E-state index in [2.05, 4.69) is 48.2 Å². The van der Waals surface area contributed by atoms with Crippen molar-refractivity contribution in [1.29, 1.82) is 0 Å². The highest BCUT2D eigenvalue weighted by molar-refractivity contribution is 9.10. The van der Waals surface area contributed by atoms with Crippen molar-refractivity contribution in [2.45, 2.75) is 65.7 Å². The minimum atomic E-state index is -0.637. The number of rotatable bonds is 8. The van der Waals surface area contributed by atoms with Crippen LogP contribution in [0.25, 0.3) is 22.0 Å². The van der Waals surface area contributed by atoms with Crippen LogP contribution in [-0.2, 0) is 22.7 Å². The number of nitrogens with one attached hydrogen (secondary N) is 1. The number of aryl methyl sites for hydroxylation is 2. The van der Waals surface area contributed by atoms with E-state index in [0.29, 0.717) is 45.8 Å². The number of amides is 2. The topological polar surface area (TPSA) is 126 Å². The van der Waals surface area contributed by atoms with E-state index in [0.717, 1.165) is 28.7 Å². The van der Waals surface area contributed by atoms with E-state index in [-0.39, 0.29) is 35.6 Å². The summed E-state index contributed by atoms with van der Waals surface area (Å²) < 4.78 is 2.22. The molecule has 3 aromatic heterocycles. The molecule has 0 spiro atoms. The number of nitrogens with zero attached hydrogens (tertiary/aromatic N) is 7. The summed E-state index contributed by atoms with van der Waals surface area (Å²) in [6, 6.07) is 7.01. The quantitative estimate of drug-likeness (QED) is 0.216. The van der Waals surface area contributed by atoms with Gasteiger partial charge in [-0.2, -0.15) is 5.10 Å². The molecule has 2 fully saturated rings. The van der Waals surface area contributed by atoms with E-state index in [1.807, 2.05) is 57.1 Å². The summed E-state index contributed by atoms with van der Waals surface area (Å²) in [6.45, 7) is 7.88. The van der Waals surface area contributed by atoms with Gasteiger partial charge in [-0.3, -0.25) is 19.1 Å². The lowest BCUT2D eigenvalue weighted by atomic mass is 10.0. The van der Waals surface area contributed by atoms with Crippen molar-refractivity contribution in [3.8, 4) is 11.1 Å². The first-order valence-corrected chi connectivity index (χ1v) is 15.4. The first-order valence-electron chi connectivity index (χ1n) is 14.6. The van der Waals surface area contributed by atoms with Crippen molar-refractivity contribution < 1.29 is 14.4 Å². The molecular weight excluding hydrogens is 624 g/mol. The van der Waals surface area contributed by atoms with Gasteiger partial charge in [-0.25, -0.2) is 15.0 Å². The molecule has 6 rings (SSSR count). The van der Waals surface area contributed by atoms with Crippen molar-refractivity contribution in [3.05, 3.63) is 63.9 Å². The Morgan fingerprint density at radius 1 is 1.09 bits per heavy atom. The highest BCUT2D eigenvalue weighted by Crippen LogP contribution is 2.59. The highest BCUT2D eigenvalue weighted by atomic mass is 79.9. The van der Waals surface area contributed by atoms with E-state index in [9.17, 15) is 14.4 Å². The normalized spacial score (nSPS) is 20.7. The van der Waals surface area contributed by atoms with Crippen LogP contribution >= 0.6 is 15.9 Å². The number of likely N-dealkylation sites (tertiary alicyclic amines) is 1. The molecule has 1 aliphatic carbocycles. The number of piperidine rings is 1. The van der Waals surface area contributed by atoms with Crippen LogP contribution < -0.4 is 5.32 Å². The number of hydrogen-bond donors (Lipinski definition) is 1. The predicted octanol–water partition coefficient (Wildman–Crippen LogP) is 4.55. The van der Waals surface area contributed by atoms with Gasteiger partial charge in [-0.1, -0.05) is 13.0 Å². The van der Waals surface area contributed by atoms with Crippen LogP contribution in [0.1, 0.15) is 54.1 Å². The number of halogens is 1. The van der Waals surface area contributed by atoms with Gasteiger partial charge in [0, 0.05) is 48.4 Å². The standard InChI is InChI=1S/C32H35BrN8O3/c1-17-9-21(22-13-34-19(3)35-14-22)10-23-28(18(2)42)38-40(29(17)23)16-27(43)41-24(11-32(4)12-25(32)41)31(44)37-30-20(15-39(5)6)7-8-26(33)36-30/h7-10,13-14,24-25H,11-12,15-16H2,1-6H3,(H,36,37,44)/t24-,25?,32-/m0/s1. The molecule has 1 aliphatic heterocycles. The molecule has 1 unspecified atom stereocenters. The fourth-order valence-corrected chi connectivity index (χ4v) is 6.73. The Balaban J connectivity index is 1.30. The van der Waals surface area contributed by atoms with Gasteiger partial charge in [0.2, 0.25) is 11.8 Å². The molecule has 3 atom stereocenters.